The molecular weight excluding hydrogens is 426 g/mol. The quantitative estimate of drug-likeness (QED) is 0.503. The van der Waals surface area contributed by atoms with E-state index < -0.39 is 18.0 Å². The lowest BCUT2D eigenvalue weighted by Crippen LogP contribution is -2.44. The highest BCUT2D eigenvalue weighted by atomic mass is 16.6. The van der Waals surface area contributed by atoms with Gasteiger partial charge < -0.3 is 24.6 Å². The molecule has 0 spiro atoms. The Labute approximate surface area is 192 Å². The van der Waals surface area contributed by atoms with E-state index in [4.69, 9.17) is 19.7 Å². The van der Waals surface area contributed by atoms with Gasteiger partial charge in [-0.1, -0.05) is 36.4 Å². The summed E-state index contributed by atoms with van der Waals surface area (Å²) in [5.41, 5.74) is 0. The molecule has 2 fully saturated rings. The lowest BCUT2D eigenvalue weighted by molar-refractivity contribution is -0.159. The van der Waals surface area contributed by atoms with Crippen LogP contribution >= 0.6 is 0 Å². The number of carboxylic acids is 2. The summed E-state index contributed by atoms with van der Waals surface area (Å²) in [5.74, 6) is -2.05. The fraction of sp³-hybridized carbons (Fsp3) is 0.400. The third-order valence-corrected chi connectivity index (χ3v) is 6.09. The Kier molecular flexibility index (Phi) is 8.06. The van der Waals surface area contributed by atoms with Crippen molar-refractivity contribution in [2.75, 3.05) is 7.05 Å². The van der Waals surface area contributed by atoms with Crippen molar-refractivity contribution in [2.45, 2.75) is 56.9 Å². The largest absolute Gasteiger partial charge is 0.478 e. The van der Waals surface area contributed by atoms with Gasteiger partial charge in [-0.05, 0) is 51.1 Å². The van der Waals surface area contributed by atoms with E-state index in [1.165, 1.54) is 12.8 Å². The topological polar surface area (TPSA) is 113 Å². The predicted octanol–water partition coefficient (Wildman–Crippen LogP) is 3.49. The van der Waals surface area contributed by atoms with E-state index in [2.05, 4.69) is 11.9 Å². The molecule has 0 saturated carbocycles. The molecule has 33 heavy (non-hydrogen) atoms. The number of rotatable bonds is 6. The number of esters is 1. The summed E-state index contributed by atoms with van der Waals surface area (Å²) in [5, 5.41) is 17.7. The molecule has 2 aromatic carbocycles. The third kappa shape index (κ3) is 6.55. The molecule has 8 nitrogen and oxygen atoms in total. The van der Waals surface area contributed by atoms with Crippen molar-refractivity contribution in [3.8, 4) is 5.75 Å². The maximum atomic E-state index is 12.5. The molecule has 176 valence electrons. The van der Waals surface area contributed by atoms with Crippen LogP contribution in [0.2, 0.25) is 0 Å². The van der Waals surface area contributed by atoms with E-state index >= 15 is 0 Å². The van der Waals surface area contributed by atoms with Crippen molar-refractivity contribution < 1.29 is 34.1 Å². The maximum absolute atomic E-state index is 12.5. The Morgan fingerprint density at radius 3 is 2.15 bits per heavy atom. The fourth-order valence-corrected chi connectivity index (χ4v) is 4.40. The van der Waals surface area contributed by atoms with Crippen LogP contribution in [0.4, 0.5) is 0 Å². The fourth-order valence-electron chi connectivity index (χ4n) is 4.40. The van der Waals surface area contributed by atoms with Gasteiger partial charge in [-0.3, -0.25) is 0 Å². The van der Waals surface area contributed by atoms with Crippen LogP contribution in [0.5, 0.6) is 5.75 Å². The molecule has 3 unspecified atom stereocenters. The molecule has 2 aliphatic heterocycles. The first-order valence-corrected chi connectivity index (χ1v) is 11.0. The van der Waals surface area contributed by atoms with Crippen molar-refractivity contribution in [3.05, 3.63) is 54.6 Å². The SMILES string of the molecule is CC(Oc1cccc2ccccc12)C(=O)OC1CC2CCC(C1)N2C.O=C(O)/C=C\C(=O)O. The summed E-state index contributed by atoms with van der Waals surface area (Å²) in [6.45, 7) is 1.77. The number of hydrogen-bond donors (Lipinski definition) is 2. The number of ether oxygens (including phenoxy) is 2. The molecule has 0 aromatic heterocycles. The van der Waals surface area contributed by atoms with Crippen LogP contribution in [0.15, 0.2) is 54.6 Å². The molecule has 8 heteroatoms. The van der Waals surface area contributed by atoms with Crippen LogP contribution in [-0.4, -0.2) is 64.4 Å². The molecule has 2 aliphatic rings. The van der Waals surface area contributed by atoms with Gasteiger partial charge in [0.05, 0.1) is 0 Å². The number of fused-ring (bicyclic) bond motifs is 3. The molecule has 0 amide bonds. The van der Waals surface area contributed by atoms with Gasteiger partial charge in [0.25, 0.3) is 0 Å². The third-order valence-electron chi connectivity index (χ3n) is 6.09. The average Bonchev–Trinajstić information content (AvgIpc) is 2.98. The average molecular weight is 456 g/mol. The number of piperidine rings is 1. The van der Waals surface area contributed by atoms with Crippen molar-refractivity contribution in [1.82, 2.24) is 4.90 Å². The molecule has 2 aromatic rings. The number of hydrogen-bond acceptors (Lipinski definition) is 6. The summed E-state index contributed by atoms with van der Waals surface area (Å²) in [6.07, 6.45) is 4.86. The van der Waals surface area contributed by atoms with Gasteiger partial charge in [-0.15, -0.1) is 0 Å². The molecule has 0 aliphatic carbocycles. The van der Waals surface area contributed by atoms with Crippen LogP contribution in [0, 0.1) is 0 Å². The number of carbonyl (C=O) groups is 3. The van der Waals surface area contributed by atoms with Gasteiger partial charge >= 0.3 is 17.9 Å². The second-order valence-corrected chi connectivity index (χ2v) is 8.33. The van der Waals surface area contributed by atoms with E-state index in [9.17, 15) is 14.4 Å². The van der Waals surface area contributed by atoms with Crippen LogP contribution < -0.4 is 4.74 Å². The van der Waals surface area contributed by atoms with Gasteiger partial charge in [0.15, 0.2) is 6.10 Å². The van der Waals surface area contributed by atoms with Gasteiger partial charge in [0.1, 0.15) is 11.9 Å². The molecule has 2 N–H and O–H groups in total. The zero-order chi connectivity index (χ0) is 24.0. The smallest absolute Gasteiger partial charge is 0.347 e. The molecule has 2 heterocycles. The summed E-state index contributed by atoms with van der Waals surface area (Å²) in [7, 11) is 2.19. The van der Waals surface area contributed by atoms with Crippen LogP contribution in [0.3, 0.4) is 0 Å². The predicted molar refractivity (Wildman–Crippen MR) is 122 cm³/mol. The van der Waals surface area contributed by atoms with Crippen molar-refractivity contribution in [3.63, 3.8) is 0 Å². The minimum atomic E-state index is -1.26. The lowest BCUT2D eigenvalue weighted by Gasteiger charge is -2.36. The van der Waals surface area contributed by atoms with Gasteiger partial charge in [0, 0.05) is 29.6 Å². The van der Waals surface area contributed by atoms with E-state index in [-0.39, 0.29) is 12.1 Å². The Morgan fingerprint density at radius 2 is 1.55 bits per heavy atom. The van der Waals surface area contributed by atoms with E-state index in [0.29, 0.717) is 24.2 Å². The first kappa shape index (κ1) is 24.3. The molecular formula is C25H29NO7. The minimum Gasteiger partial charge on any atom is -0.478 e. The second kappa shape index (κ2) is 11.0. The standard InChI is InChI=1S/C21H25NO3.C4H4O4/c1-14(24-20-9-5-7-15-6-3-4-8-19(15)20)21(23)25-18-12-16-10-11-17(13-18)22(16)2;5-3(6)1-2-4(7)8/h3-9,14,16-18H,10-13H2,1-2H3;1-2H,(H,5,6)(H,7,8)/b;2-1-. The number of carbonyl (C=O) groups excluding carboxylic acids is 1. The zero-order valence-electron chi connectivity index (χ0n) is 18.7. The first-order valence-electron chi connectivity index (χ1n) is 11.0. The second-order valence-electron chi connectivity index (χ2n) is 8.33. The Bertz CT molecular complexity index is 999. The van der Waals surface area contributed by atoms with Crippen molar-refractivity contribution in [1.29, 1.82) is 0 Å². The number of nitrogens with zero attached hydrogens (tertiary/aromatic N) is 1. The summed E-state index contributed by atoms with van der Waals surface area (Å²) in [6, 6.07) is 15.0. The maximum Gasteiger partial charge on any atom is 0.347 e. The highest BCUT2D eigenvalue weighted by Crippen LogP contribution is 2.35. The molecule has 2 bridgehead atoms. The van der Waals surface area contributed by atoms with Crippen LogP contribution in [0.1, 0.15) is 32.6 Å². The summed E-state index contributed by atoms with van der Waals surface area (Å²) >= 11 is 0. The lowest BCUT2D eigenvalue weighted by atomic mass is 10.0. The highest BCUT2D eigenvalue weighted by Gasteiger charge is 2.40. The van der Waals surface area contributed by atoms with Gasteiger partial charge in [0.2, 0.25) is 0 Å². The Morgan fingerprint density at radius 1 is 0.970 bits per heavy atom. The summed E-state index contributed by atoms with van der Waals surface area (Å²) < 4.78 is 11.7. The summed E-state index contributed by atoms with van der Waals surface area (Å²) in [4.78, 5) is 34.1. The van der Waals surface area contributed by atoms with Crippen LogP contribution in [-0.2, 0) is 19.1 Å². The minimum absolute atomic E-state index is 0.0276. The van der Waals surface area contributed by atoms with Crippen molar-refractivity contribution in [2.24, 2.45) is 0 Å². The highest BCUT2D eigenvalue weighted by molar-refractivity contribution is 5.90. The molecule has 2 saturated heterocycles. The number of carboxylic acid groups (broad SMARTS) is 2. The van der Waals surface area contributed by atoms with E-state index in [0.717, 1.165) is 29.4 Å². The monoisotopic (exact) mass is 455 g/mol. The van der Waals surface area contributed by atoms with Gasteiger partial charge in [-0.25, -0.2) is 14.4 Å². The number of aliphatic carboxylic acids is 2. The van der Waals surface area contributed by atoms with Crippen LogP contribution in [0.25, 0.3) is 10.8 Å². The molecule has 0 radical (unpaired) electrons. The van der Waals surface area contributed by atoms with Gasteiger partial charge in [-0.2, -0.15) is 0 Å². The Hall–Kier alpha value is -3.39. The Balaban J connectivity index is 0.000000331. The number of benzene rings is 2. The van der Waals surface area contributed by atoms with Crippen molar-refractivity contribution >= 4 is 28.7 Å². The van der Waals surface area contributed by atoms with E-state index in [1.54, 1.807) is 6.92 Å². The van der Waals surface area contributed by atoms with E-state index in [1.807, 2.05) is 42.5 Å². The zero-order valence-corrected chi connectivity index (χ0v) is 18.7. The first-order chi connectivity index (χ1) is 15.7. The molecule has 4 rings (SSSR count). The normalized spacial score (nSPS) is 22.9. The molecule has 3 atom stereocenters.